The van der Waals surface area contributed by atoms with Gasteiger partial charge < -0.3 is 9.84 Å². The number of benzene rings is 1. The predicted molar refractivity (Wildman–Crippen MR) is 74.1 cm³/mol. The van der Waals surface area contributed by atoms with Crippen molar-refractivity contribution >= 4 is 5.97 Å². The Hall–Kier alpha value is -1.42. The summed E-state index contributed by atoms with van der Waals surface area (Å²) in [6, 6.07) is 9.35. The zero-order valence-corrected chi connectivity index (χ0v) is 11.7. The standard InChI is InChI=1S/C16H21FO3/c1-2-20-15(18)14(17)16(19)11-7-6-10-13(16)12-8-4-3-5-9-12/h3-5,8-9,13-14,19H,2,6-7,10-11H2,1H3. The van der Waals surface area contributed by atoms with Gasteiger partial charge >= 0.3 is 5.97 Å². The highest BCUT2D eigenvalue weighted by molar-refractivity contribution is 5.76. The number of rotatable bonds is 4. The molecule has 1 fully saturated rings. The Morgan fingerprint density at radius 3 is 2.80 bits per heavy atom. The van der Waals surface area contributed by atoms with Crippen LogP contribution < -0.4 is 0 Å². The Morgan fingerprint density at radius 1 is 1.45 bits per heavy atom. The fraction of sp³-hybridized carbons (Fsp3) is 0.562. The van der Waals surface area contributed by atoms with Gasteiger partial charge in [0.1, 0.15) is 5.60 Å². The lowest BCUT2D eigenvalue weighted by atomic mass is 9.69. The molecule has 2 rings (SSSR count). The van der Waals surface area contributed by atoms with E-state index in [0.717, 1.165) is 18.4 Å². The quantitative estimate of drug-likeness (QED) is 0.862. The first kappa shape index (κ1) is 15.0. The van der Waals surface area contributed by atoms with Crippen molar-refractivity contribution in [3.05, 3.63) is 35.9 Å². The summed E-state index contributed by atoms with van der Waals surface area (Å²) >= 11 is 0. The lowest BCUT2D eigenvalue weighted by Gasteiger charge is -2.41. The summed E-state index contributed by atoms with van der Waals surface area (Å²) in [6.45, 7) is 1.75. The predicted octanol–water partition coefficient (Wildman–Crippen LogP) is 2.98. The van der Waals surface area contributed by atoms with Crippen LogP contribution in [0, 0.1) is 0 Å². The van der Waals surface area contributed by atoms with Crippen LogP contribution in [0.2, 0.25) is 0 Å². The molecule has 0 heterocycles. The van der Waals surface area contributed by atoms with E-state index in [-0.39, 0.29) is 18.9 Å². The van der Waals surface area contributed by atoms with Crippen molar-refractivity contribution in [2.24, 2.45) is 0 Å². The maximum absolute atomic E-state index is 14.5. The summed E-state index contributed by atoms with van der Waals surface area (Å²) in [7, 11) is 0. The van der Waals surface area contributed by atoms with Crippen molar-refractivity contribution < 1.29 is 19.0 Å². The average Bonchev–Trinajstić information content (AvgIpc) is 2.48. The van der Waals surface area contributed by atoms with Crippen molar-refractivity contribution in [2.45, 2.75) is 50.3 Å². The molecule has 0 saturated heterocycles. The summed E-state index contributed by atoms with van der Waals surface area (Å²) < 4.78 is 19.2. The van der Waals surface area contributed by atoms with Crippen LogP contribution in [-0.2, 0) is 9.53 Å². The molecule has 20 heavy (non-hydrogen) atoms. The van der Waals surface area contributed by atoms with E-state index in [1.807, 2.05) is 30.3 Å². The van der Waals surface area contributed by atoms with Crippen molar-refractivity contribution in [3.8, 4) is 0 Å². The molecule has 4 heteroatoms. The molecular weight excluding hydrogens is 259 g/mol. The van der Waals surface area contributed by atoms with Crippen LogP contribution in [0.1, 0.15) is 44.1 Å². The summed E-state index contributed by atoms with van der Waals surface area (Å²) in [4.78, 5) is 11.7. The van der Waals surface area contributed by atoms with Gasteiger partial charge in [-0.15, -0.1) is 0 Å². The molecule has 0 bridgehead atoms. The Kier molecular flexibility index (Phi) is 4.76. The fourth-order valence-electron chi connectivity index (χ4n) is 3.04. The van der Waals surface area contributed by atoms with Gasteiger partial charge in [0.05, 0.1) is 6.61 Å². The molecule has 1 aliphatic carbocycles. The van der Waals surface area contributed by atoms with Gasteiger partial charge in [-0.3, -0.25) is 0 Å². The minimum atomic E-state index is -1.99. The molecule has 0 amide bonds. The first-order valence-corrected chi connectivity index (χ1v) is 7.17. The Bertz CT molecular complexity index is 448. The number of alkyl halides is 1. The maximum Gasteiger partial charge on any atom is 0.343 e. The minimum Gasteiger partial charge on any atom is -0.464 e. The number of aliphatic hydroxyl groups is 1. The number of carbonyl (C=O) groups is 1. The number of esters is 1. The van der Waals surface area contributed by atoms with Gasteiger partial charge in [-0.2, -0.15) is 0 Å². The highest BCUT2D eigenvalue weighted by atomic mass is 19.1. The van der Waals surface area contributed by atoms with E-state index in [4.69, 9.17) is 4.74 Å². The average molecular weight is 280 g/mol. The molecule has 3 atom stereocenters. The van der Waals surface area contributed by atoms with Gasteiger partial charge in [0.15, 0.2) is 0 Å². The van der Waals surface area contributed by atoms with E-state index in [0.29, 0.717) is 6.42 Å². The van der Waals surface area contributed by atoms with E-state index in [1.165, 1.54) is 0 Å². The zero-order valence-electron chi connectivity index (χ0n) is 11.7. The van der Waals surface area contributed by atoms with Crippen LogP contribution in [-0.4, -0.2) is 29.5 Å². The Labute approximate surface area is 118 Å². The second-order valence-corrected chi connectivity index (χ2v) is 5.31. The SMILES string of the molecule is CCOC(=O)C(F)C1(O)CCCCC1c1ccccc1. The van der Waals surface area contributed by atoms with Crippen LogP contribution >= 0.6 is 0 Å². The van der Waals surface area contributed by atoms with Crippen LogP contribution in [0.3, 0.4) is 0 Å². The molecule has 1 aromatic carbocycles. The number of ether oxygens (including phenoxy) is 1. The van der Waals surface area contributed by atoms with Crippen molar-refractivity contribution in [3.63, 3.8) is 0 Å². The molecule has 3 unspecified atom stereocenters. The maximum atomic E-state index is 14.5. The number of halogens is 1. The van der Waals surface area contributed by atoms with Crippen molar-refractivity contribution in [1.29, 1.82) is 0 Å². The second kappa shape index (κ2) is 6.35. The molecule has 0 spiro atoms. The number of carbonyl (C=O) groups excluding carboxylic acids is 1. The smallest absolute Gasteiger partial charge is 0.343 e. The van der Waals surface area contributed by atoms with Gasteiger partial charge in [-0.05, 0) is 25.3 Å². The summed E-state index contributed by atoms with van der Waals surface area (Å²) in [5, 5.41) is 10.8. The van der Waals surface area contributed by atoms with Gasteiger partial charge in [0.25, 0.3) is 0 Å². The third-order valence-corrected chi connectivity index (χ3v) is 4.06. The second-order valence-electron chi connectivity index (χ2n) is 5.31. The van der Waals surface area contributed by atoms with Crippen molar-refractivity contribution in [2.75, 3.05) is 6.61 Å². The fourth-order valence-corrected chi connectivity index (χ4v) is 3.04. The van der Waals surface area contributed by atoms with Crippen LogP contribution in [0.5, 0.6) is 0 Å². The first-order valence-electron chi connectivity index (χ1n) is 7.17. The van der Waals surface area contributed by atoms with Crippen molar-refractivity contribution in [1.82, 2.24) is 0 Å². The van der Waals surface area contributed by atoms with Crippen LogP contribution in [0.4, 0.5) is 4.39 Å². The van der Waals surface area contributed by atoms with Gasteiger partial charge in [-0.25, -0.2) is 9.18 Å². The summed E-state index contributed by atoms with van der Waals surface area (Å²) in [5.41, 5.74) is -0.784. The molecule has 1 aromatic rings. The monoisotopic (exact) mass is 280 g/mol. The van der Waals surface area contributed by atoms with E-state index < -0.39 is 17.7 Å². The van der Waals surface area contributed by atoms with Crippen LogP contribution in [0.25, 0.3) is 0 Å². The lowest BCUT2D eigenvalue weighted by Crippen LogP contribution is -2.51. The van der Waals surface area contributed by atoms with E-state index in [1.54, 1.807) is 6.92 Å². The zero-order chi connectivity index (χ0) is 14.6. The summed E-state index contributed by atoms with van der Waals surface area (Å²) in [5.74, 6) is -1.32. The third-order valence-electron chi connectivity index (χ3n) is 4.06. The molecule has 1 N–H and O–H groups in total. The topological polar surface area (TPSA) is 46.5 Å². The molecule has 0 aromatic heterocycles. The molecule has 0 aliphatic heterocycles. The van der Waals surface area contributed by atoms with Gasteiger partial charge in [-0.1, -0.05) is 43.2 Å². The Morgan fingerprint density at radius 2 is 2.15 bits per heavy atom. The van der Waals surface area contributed by atoms with Gasteiger partial charge in [0, 0.05) is 5.92 Å². The first-order chi connectivity index (χ1) is 9.59. The third kappa shape index (κ3) is 2.85. The van der Waals surface area contributed by atoms with Crippen LogP contribution in [0.15, 0.2) is 30.3 Å². The molecule has 1 saturated carbocycles. The molecule has 1 aliphatic rings. The highest BCUT2D eigenvalue weighted by Crippen LogP contribution is 2.44. The molecule has 0 radical (unpaired) electrons. The minimum absolute atomic E-state index is 0.116. The Balaban J connectivity index is 2.27. The number of hydrogen-bond acceptors (Lipinski definition) is 3. The highest BCUT2D eigenvalue weighted by Gasteiger charge is 2.50. The van der Waals surface area contributed by atoms with E-state index in [9.17, 15) is 14.3 Å². The largest absolute Gasteiger partial charge is 0.464 e. The van der Waals surface area contributed by atoms with Gasteiger partial charge in [0.2, 0.25) is 6.17 Å². The van der Waals surface area contributed by atoms with E-state index in [2.05, 4.69) is 0 Å². The molecular formula is C16H21FO3. The summed E-state index contributed by atoms with van der Waals surface area (Å²) in [6.07, 6.45) is 0.622. The van der Waals surface area contributed by atoms with E-state index >= 15 is 0 Å². The number of hydrogen-bond donors (Lipinski definition) is 1. The molecule has 3 nitrogen and oxygen atoms in total. The normalized spacial score (nSPS) is 27.9. The molecule has 110 valence electrons. The lowest BCUT2D eigenvalue weighted by molar-refractivity contribution is -0.165.